The molecule has 0 aliphatic heterocycles. The summed E-state index contributed by atoms with van der Waals surface area (Å²) in [5.74, 6) is -39.3. The van der Waals surface area contributed by atoms with Gasteiger partial charge in [0, 0.05) is 0 Å². The Kier molecular flexibility index (Phi) is 7.15. The Hall–Kier alpha value is -2.26. The van der Waals surface area contributed by atoms with Crippen molar-refractivity contribution in [3.05, 3.63) is 35.4 Å². The zero-order valence-corrected chi connectivity index (χ0v) is 16.2. The maximum atomic E-state index is 14.1. The molecule has 0 spiro atoms. The molecule has 0 amide bonds. The number of hydrogen-bond acceptors (Lipinski definition) is 3. The van der Waals surface area contributed by atoms with Gasteiger partial charge in [0.15, 0.2) is 0 Å². The van der Waals surface area contributed by atoms with E-state index in [0.29, 0.717) is 6.07 Å². The Morgan fingerprint density at radius 2 is 1.21 bits per heavy atom. The Morgan fingerprint density at radius 3 is 1.64 bits per heavy atom. The van der Waals surface area contributed by atoms with Gasteiger partial charge >= 0.3 is 41.8 Å². The summed E-state index contributed by atoms with van der Waals surface area (Å²) < 4.78 is 176. The smallest absolute Gasteiger partial charge is 0.460 e. The van der Waals surface area contributed by atoms with Gasteiger partial charge < -0.3 is 9.84 Å². The van der Waals surface area contributed by atoms with Gasteiger partial charge in [-0.05, 0) is 18.6 Å². The zero-order chi connectivity index (χ0) is 26.5. The summed E-state index contributed by atoms with van der Waals surface area (Å²) in [4.78, 5) is 11.7. The second-order valence-electron chi connectivity index (χ2n) is 6.99. The lowest BCUT2D eigenvalue weighted by Gasteiger charge is -2.41. The number of benzene rings is 1. The van der Waals surface area contributed by atoms with E-state index in [1.165, 1.54) is 0 Å². The minimum atomic E-state index is -8.04. The zero-order valence-electron chi connectivity index (χ0n) is 16.2. The number of esters is 1. The first-order valence-corrected chi connectivity index (χ1v) is 8.28. The van der Waals surface area contributed by atoms with E-state index >= 15 is 0 Å². The Bertz CT molecular complexity index is 875. The van der Waals surface area contributed by atoms with E-state index in [9.17, 15) is 67.0 Å². The van der Waals surface area contributed by atoms with Gasteiger partial charge in [0.2, 0.25) is 0 Å². The quantitative estimate of drug-likeness (QED) is 0.354. The number of carbonyl (C=O) groups is 1. The molecule has 0 heterocycles. The molecule has 0 radical (unpaired) electrons. The number of aliphatic hydroxyl groups is 1. The van der Waals surface area contributed by atoms with E-state index < -0.39 is 64.9 Å². The van der Waals surface area contributed by atoms with Crippen LogP contribution in [0.1, 0.15) is 29.3 Å². The number of alkyl halides is 13. The highest BCUT2D eigenvalue weighted by atomic mass is 19.4. The molecule has 1 unspecified atom stereocenters. The van der Waals surface area contributed by atoms with E-state index in [1.54, 1.807) is 0 Å². The van der Waals surface area contributed by atoms with E-state index in [0.717, 1.165) is 25.3 Å². The third-order valence-electron chi connectivity index (χ3n) is 4.48. The molecule has 0 aliphatic rings. The van der Waals surface area contributed by atoms with E-state index in [2.05, 4.69) is 4.74 Å². The maximum absolute atomic E-state index is 14.1. The standard InChI is InChI=1S/C17H13F13O3/c1-11(32,9-6-4-3-5-8(9)10(31)33-2)7-12(18,19)13(20,21)14(22,23)15(24,25)16(26,27)17(28,29)30/h3-6,32H,7H2,1-2H3. The highest BCUT2D eigenvalue weighted by Crippen LogP contribution is 2.61. The summed E-state index contributed by atoms with van der Waals surface area (Å²) in [6, 6.07) is 3.47. The summed E-state index contributed by atoms with van der Waals surface area (Å²) in [7, 11) is 0.764. The number of hydrogen-bond donors (Lipinski definition) is 1. The van der Waals surface area contributed by atoms with Gasteiger partial charge in [0.1, 0.15) is 0 Å². The van der Waals surface area contributed by atoms with Crippen LogP contribution in [0.3, 0.4) is 0 Å². The van der Waals surface area contributed by atoms with Gasteiger partial charge in [-0.3, -0.25) is 0 Å². The average Bonchev–Trinajstić information content (AvgIpc) is 2.65. The summed E-state index contributed by atoms with van der Waals surface area (Å²) in [6.07, 6.45) is -10.4. The molecule has 0 aliphatic carbocycles. The van der Waals surface area contributed by atoms with Crippen LogP contribution < -0.4 is 0 Å². The highest BCUT2D eigenvalue weighted by molar-refractivity contribution is 5.91. The lowest BCUT2D eigenvalue weighted by atomic mass is 9.82. The molecule has 1 atom stereocenters. The first-order chi connectivity index (χ1) is 14.4. The largest absolute Gasteiger partial charge is 0.465 e. The normalized spacial score (nSPS) is 16.4. The van der Waals surface area contributed by atoms with Gasteiger partial charge in [0.05, 0.1) is 24.7 Å². The maximum Gasteiger partial charge on any atom is 0.460 e. The molecule has 3 nitrogen and oxygen atoms in total. The second-order valence-corrected chi connectivity index (χ2v) is 6.99. The molecule has 1 rings (SSSR count). The minimum Gasteiger partial charge on any atom is -0.465 e. The summed E-state index contributed by atoms with van der Waals surface area (Å²) in [5, 5.41) is 10.2. The lowest BCUT2D eigenvalue weighted by molar-refractivity contribution is -0.441. The molecule has 1 aromatic carbocycles. The molecular formula is C17H13F13O3. The van der Waals surface area contributed by atoms with Crippen molar-refractivity contribution >= 4 is 5.97 Å². The predicted molar refractivity (Wildman–Crippen MR) is 82.8 cm³/mol. The van der Waals surface area contributed by atoms with Crippen molar-refractivity contribution in [3.8, 4) is 0 Å². The van der Waals surface area contributed by atoms with E-state index in [-0.39, 0.29) is 6.92 Å². The molecule has 0 saturated carbocycles. The number of halogens is 13. The van der Waals surface area contributed by atoms with Crippen molar-refractivity contribution in [2.75, 3.05) is 7.11 Å². The van der Waals surface area contributed by atoms with Crippen LogP contribution >= 0.6 is 0 Å². The fourth-order valence-corrected chi connectivity index (χ4v) is 2.68. The first-order valence-electron chi connectivity index (χ1n) is 8.28. The molecule has 33 heavy (non-hydrogen) atoms. The van der Waals surface area contributed by atoms with Crippen LogP contribution in [0.15, 0.2) is 24.3 Å². The Morgan fingerprint density at radius 1 is 0.788 bits per heavy atom. The van der Waals surface area contributed by atoms with Gasteiger partial charge in [-0.25, -0.2) is 4.79 Å². The predicted octanol–water partition coefficient (Wildman–Crippen LogP) is 5.81. The van der Waals surface area contributed by atoms with Crippen molar-refractivity contribution < 1.29 is 71.7 Å². The summed E-state index contributed by atoms with van der Waals surface area (Å²) in [5.41, 5.74) is -5.12. The SMILES string of the molecule is COC(=O)c1ccccc1C(C)(O)CC(F)(F)C(F)(F)C(F)(F)C(F)(F)C(F)(F)C(F)(F)F. The third kappa shape index (κ3) is 4.45. The van der Waals surface area contributed by atoms with Gasteiger partial charge in [-0.2, -0.15) is 57.1 Å². The Labute approximate surface area is 176 Å². The molecule has 1 N–H and O–H groups in total. The van der Waals surface area contributed by atoms with Crippen LogP contribution in [-0.2, 0) is 10.3 Å². The number of carbonyl (C=O) groups excluding carboxylic acids is 1. The highest BCUT2D eigenvalue weighted by Gasteiger charge is 2.90. The van der Waals surface area contributed by atoms with Crippen molar-refractivity contribution in [1.82, 2.24) is 0 Å². The summed E-state index contributed by atoms with van der Waals surface area (Å²) >= 11 is 0. The van der Waals surface area contributed by atoms with E-state index in [1.807, 2.05) is 0 Å². The molecule has 0 fully saturated rings. The van der Waals surface area contributed by atoms with Crippen LogP contribution in [0.5, 0.6) is 0 Å². The minimum absolute atomic E-state index is 0.249. The molecule has 190 valence electrons. The molecular weight excluding hydrogens is 499 g/mol. The number of methoxy groups -OCH3 is 1. The fourth-order valence-electron chi connectivity index (χ4n) is 2.68. The van der Waals surface area contributed by atoms with Crippen molar-refractivity contribution in [2.24, 2.45) is 0 Å². The van der Waals surface area contributed by atoms with Crippen LogP contribution in [0, 0.1) is 0 Å². The van der Waals surface area contributed by atoms with Crippen molar-refractivity contribution in [3.63, 3.8) is 0 Å². The van der Waals surface area contributed by atoms with Gasteiger partial charge in [-0.1, -0.05) is 18.2 Å². The van der Waals surface area contributed by atoms with Crippen molar-refractivity contribution in [1.29, 1.82) is 0 Å². The second kappa shape index (κ2) is 8.20. The molecule has 0 bridgehead atoms. The first kappa shape index (κ1) is 28.8. The lowest BCUT2D eigenvalue weighted by Crippen LogP contribution is -2.70. The Balaban J connectivity index is 3.55. The van der Waals surface area contributed by atoms with Crippen LogP contribution in [0.2, 0.25) is 0 Å². The topological polar surface area (TPSA) is 46.5 Å². The molecule has 16 heteroatoms. The van der Waals surface area contributed by atoms with Crippen molar-refractivity contribution in [2.45, 2.75) is 54.7 Å². The fraction of sp³-hybridized carbons (Fsp3) is 0.588. The van der Waals surface area contributed by atoms with E-state index in [4.69, 9.17) is 0 Å². The number of rotatable bonds is 8. The average molecular weight is 512 g/mol. The summed E-state index contributed by atoms with van der Waals surface area (Å²) in [6.45, 7) is 0.249. The molecule has 0 aromatic heterocycles. The monoisotopic (exact) mass is 512 g/mol. The number of ether oxygens (including phenoxy) is 1. The van der Waals surface area contributed by atoms with Gasteiger partial charge in [-0.15, -0.1) is 0 Å². The third-order valence-corrected chi connectivity index (χ3v) is 4.48. The van der Waals surface area contributed by atoms with Gasteiger partial charge in [0.25, 0.3) is 0 Å². The molecule has 1 aromatic rings. The van der Waals surface area contributed by atoms with Crippen LogP contribution in [0.4, 0.5) is 57.1 Å². The van der Waals surface area contributed by atoms with Crippen LogP contribution in [-0.4, -0.2) is 54.0 Å². The van der Waals surface area contributed by atoms with Crippen LogP contribution in [0.25, 0.3) is 0 Å². The molecule has 0 saturated heterocycles.